The lowest BCUT2D eigenvalue weighted by atomic mass is 10.2. The Balaban J connectivity index is 2.63. The molecule has 90 valence electrons. The zero-order valence-electron chi connectivity index (χ0n) is 10.5. The fraction of sp³-hybridized carbons (Fsp3) is 0.538. The summed E-state index contributed by atoms with van der Waals surface area (Å²) in [4.78, 5) is 2.03. The molecule has 3 heteroatoms. The van der Waals surface area contributed by atoms with E-state index in [1.807, 2.05) is 50.2 Å². The molecular formula is C13H21NO2. The van der Waals surface area contributed by atoms with E-state index < -0.39 is 0 Å². The summed E-state index contributed by atoms with van der Waals surface area (Å²) in [7, 11) is 4.00. The Bertz CT molecular complexity index is 323. The van der Waals surface area contributed by atoms with Crippen LogP contribution >= 0.6 is 0 Å². The maximum Gasteiger partial charge on any atom is 0.121 e. The van der Waals surface area contributed by atoms with Crippen LogP contribution in [-0.2, 0) is 0 Å². The van der Waals surface area contributed by atoms with Gasteiger partial charge in [0.15, 0.2) is 0 Å². The first kappa shape index (κ1) is 12.8. The van der Waals surface area contributed by atoms with Crippen molar-refractivity contribution in [3.63, 3.8) is 0 Å². The molecule has 0 aliphatic rings. The van der Waals surface area contributed by atoms with Crippen molar-refractivity contribution < 1.29 is 9.84 Å². The van der Waals surface area contributed by atoms with Gasteiger partial charge in [-0.25, -0.2) is 0 Å². The Morgan fingerprint density at radius 3 is 2.56 bits per heavy atom. The van der Waals surface area contributed by atoms with Crippen molar-refractivity contribution >= 4 is 5.69 Å². The molecule has 0 saturated carbocycles. The van der Waals surface area contributed by atoms with E-state index in [-0.39, 0.29) is 12.2 Å². The van der Waals surface area contributed by atoms with Crippen molar-refractivity contribution in [2.45, 2.75) is 32.5 Å². The smallest absolute Gasteiger partial charge is 0.121 e. The number of rotatable bonds is 5. The Kier molecular flexibility index (Phi) is 4.62. The highest BCUT2D eigenvalue weighted by atomic mass is 16.5. The minimum atomic E-state index is -0.327. The summed E-state index contributed by atoms with van der Waals surface area (Å²) in [6.45, 7) is 3.74. The molecule has 0 aromatic heterocycles. The maximum atomic E-state index is 9.26. The zero-order valence-corrected chi connectivity index (χ0v) is 10.5. The van der Waals surface area contributed by atoms with E-state index in [2.05, 4.69) is 0 Å². The van der Waals surface area contributed by atoms with Crippen LogP contribution in [0.1, 0.15) is 20.3 Å². The number of hydrogen-bond acceptors (Lipinski definition) is 3. The Hall–Kier alpha value is -1.22. The van der Waals surface area contributed by atoms with Crippen LogP contribution in [0.4, 0.5) is 5.69 Å². The van der Waals surface area contributed by atoms with E-state index in [1.165, 1.54) is 0 Å². The van der Waals surface area contributed by atoms with Crippen LogP contribution in [0.5, 0.6) is 5.75 Å². The number of ether oxygens (including phenoxy) is 1. The van der Waals surface area contributed by atoms with Crippen LogP contribution in [0, 0.1) is 0 Å². The lowest BCUT2D eigenvalue weighted by Gasteiger charge is -2.18. The molecule has 0 radical (unpaired) electrons. The van der Waals surface area contributed by atoms with Gasteiger partial charge >= 0.3 is 0 Å². The summed E-state index contributed by atoms with van der Waals surface area (Å²) in [5, 5.41) is 9.26. The van der Waals surface area contributed by atoms with Gasteiger partial charge in [0, 0.05) is 32.3 Å². The second kappa shape index (κ2) is 5.75. The second-order valence-corrected chi connectivity index (χ2v) is 4.40. The first-order valence-corrected chi connectivity index (χ1v) is 5.61. The largest absolute Gasteiger partial charge is 0.491 e. The zero-order chi connectivity index (χ0) is 12.1. The molecule has 1 aromatic carbocycles. The van der Waals surface area contributed by atoms with Gasteiger partial charge in [-0.3, -0.25) is 0 Å². The lowest BCUT2D eigenvalue weighted by Crippen LogP contribution is -2.18. The topological polar surface area (TPSA) is 32.7 Å². The normalized spacial score (nSPS) is 14.3. The summed E-state index contributed by atoms with van der Waals surface area (Å²) < 4.78 is 5.73. The average molecular weight is 223 g/mol. The molecule has 0 amide bonds. The predicted molar refractivity (Wildman–Crippen MR) is 67.2 cm³/mol. The highest BCUT2D eigenvalue weighted by Gasteiger charge is 2.08. The van der Waals surface area contributed by atoms with Crippen LogP contribution in [0.25, 0.3) is 0 Å². The summed E-state index contributed by atoms with van der Waals surface area (Å²) in [5.74, 6) is 0.847. The van der Waals surface area contributed by atoms with Crippen molar-refractivity contribution in [3.8, 4) is 5.75 Å². The van der Waals surface area contributed by atoms with E-state index in [1.54, 1.807) is 6.92 Å². The number of anilines is 1. The standard InChI is InChI=1S/C13H21NO2/c1-10(15)8-11(2)16-13-7-5-6-12(9-13)14(3)4/h5-7,9-11,15H,8H2,1-4H3. The summed E-state index contributed by atoms with van der Waals surface area (Å²) in [6, 6.07) is 7.94. The van der Waals surface area contributed by atoms with Crippen molar-refractivity contribution in [1.29, 1.82) is 0 Å². The third-order valence-electron chi connectivity index (χ3n) is 2.34. The van der Waals surface area contributed by atoms with E-state index in [4.69, 9.17) is 4.74 Å². The SMILES string of the molecule is CC(O)CC(C)Oc1cccc(N(C)C)c1. The quantitative estimate of drug-likeness (QED) is 0.831. The van der Waals surface area contributed by atoms with Gasteiger partial charge in [0.2, 0.25) is 0 Å². The molecule has 0 aliphatic carbocycles. The van der Waals surface area contributed by atoms with Gasteiger partial charge in [-0.1, -0.05) is 6.07 Å². The monoisotopic (exact) mass is 223 g/mol. The fourth-order valence-corrected chi connectivity index (χ4v) is 1.60. The molecule has 16 heavy (non-hydrogen) atoms. The molecule has 3 nitrogen and oxygen atoms in total. The van der Waals surface area contributed by atoms with Gasteiger partial charge in [0.25, 0.3) is 0 Å². The third kappa shape index (κ3) is 4.11. The van der Waals surface area contributed by atoms with E-state index in [0.717, 1.165) is 11.4 Å². The Morgan fingerprint density at radius 2 is 2.00 bits per heavy atom. The van der Waals surface area contributed by atoms with E-state index in [0.29, 0.717) is 6.42 Å². The molecule has 0 saturated heterocycles. The van der Waals surface area contributed by atoms with Crippen molar-refractivity contribution in [1.82, 2.24) is 0 Å². The van der Waals surface area contributed by atoms with Gasteiger partial charge in [0.1, 0.15) is 5.75 Å². The van der Waals surface area contributed by atoms with Gasteiger partial charge < -0.3 is 14.7 Å². The van der Waals surface area contributed by atoms with Crippen LogP contribution in [0.15, 0.2) is 24.3 Å². The third-order valence-corrected chi connectivity index (χ3v) is 2.34. The summed E-state index contributed by atoms with van der Waals surface area (Å²) in [6.07, 6.45) is 0.344. The van der Waals surface area contributed by atoms with Crippen molar-refractivity contribution in [2.24, 2.45) is 0 Å². The maximum absolute atomic E-state index is 9.26. The fourth-order valence-electron chi connectivity index (χ4n) is 1.60. The second-order valence-electron chi connectivity index (χ2n) is 4.40. The van der Waals surface area contributed by atoms with Gasteiger partial charge in [-0.05, 0) is 26.0 Å². The van der Waals surface area contributed by atoms with E-state index >= 15 is 0 Å². The summed E-state index contributed by atoms with van der Waals surface area (Å²) in [5.41, 5.74) is 1.11. The molecule has 0 heterocycles. The summed E-state index contributed by atoms with van der Waals surface area (Å²) >= 11 is 0. The number of aliphatic hydroxyl groups excluding tert-OH is 1. The number of aliphatic hydroxyl groups is 1. The lowest BCUT2D eigenvalue weighted by molar-refractivity contribution is 0.115. The average Bonchev–Trinajstić information content (AvgIpc) is 2.16. The number of hydrogen-bond donors (Lipinski definition) is 1. The highest BCUT2D eigenvalue weighted by Crippen LogP contribution is 2.21. The first-order chi connectivity index (χ1) is 7.49. The van der Waals surface area contributed by atoms with Gasteiger partial charge in [-0.15, -0.1) is 0 Å². The molecule has 2 atom stereocenters. The molecule has 0 aliphatic heterocycles. The molecular weight excluding hydrogens is 202 g/mol. The predicted octanol–water partition coefficient (Wildman–Crippen LogP) is 2.29. The van der Waals surface area contributed by atoms with Crippen LogP contribution in [0.3, 0.4) is 0 Å². The molecule has 1 rings (SSSR count). The molecule has 2 unspecified atom stereocenters. The molecule has 0 fully saturated rings. The molecule has 1 aromatic rings. The first-order valence-electron chi connectivity index (χ1n) is 5.61. The minimum absolute atomic E-state index is 0.0254. The van der Waals surface area contributed by atoms with Gasteiger partial charge in [-0.2, -0.15) is 0 Å². The molecule has 1 N–H and O–H groups in total. The van der Waals surface area contributed by atoms with Gasteiger partial charge in [0.05, 0.1) is 12.2 Å². The van der Waals surface area contributed by atoms with Crippen LogP contribution in [0.2, 0.25) is 0 Å². The van der Waals surface area contributed by atoms with Crippen LogP contribution < -0.4 is 9.64 Å². The number of nitrogens with zero attached hydrogens (tertiary/aromatic N) is 1. The molecule has 0 bridgehead atoms. The number of benzene rings is 1. The van der Waals surface area contributed by atoms with Crippen molar-refractivity contribution in [3.05, 3.63) is 24.3 Å². The van der Waals surface area contributed by atoms with Crippen LogP contribution in [-0.4, -0.2) is 31.4 Å². The Labute approximate surface area is 97.7 Å². The van der Waals surface area contributed by atoms with E-state index in [9.17, 15) is 5.11 Å². The minimum Gasteiger partial charge on any atom is -0.491 e. The Morgan fingerprint density at radius 1 is 1.31 bits per heavy atom. The molecule has 0 spiro atoms. The highest BCUT2D eigenvalue weighted by molar-refractivity contribution is 5.49. The van der Waals surface area contributed by atoms with Crippen molar-refractivity contribution in [2.75, 3.05) is 19.0 Å².